The van der Waals surface area contributed by atoms with Gasteiger partial charge in [0.1, 0.15) is 0 Å². The summed E-state index contributed by atoms with van der Waals surface area (Å²) in [5.41, 5.74) is 6.11. The molecule has 0 saturated heterocycles. The highest BCUT2D eigenvalue weighted by Crippen LogP contribution is 2.26. The fraction of sp³-hybridized carbons (Fsp3) is 0.300. The predicted molar refractivity (Wildman–Crippen MR) is 68.7 cm³/mol. The van der Waals surface area contributed by atoms with Crippen LogP contribution in [-0.2, 0) is 4.79 Å². The van der Waals surface area contributed by atoms with E-state index >= 15 is 0 Å². The Morgan fingerprint density at radius 3 is 2.73 bits per heavy atom. The number of anilines is 1. The Morgan fingerprint density at radius 2 is 2.20 bits per heavy atom. The first-order chi connectivity index (χ1) is 7.00. The predicted octanol–water partition coefficient (Wildman–Crippen LogP) is 2.74. The Labute approximate surface area is 106 Å². The lowest BCUT2D eigenvalue weighted by Gasteiger charge is -2.11. The van der Waals surface area contributed by atoms with Crippen molar-refractivity contribution in [3.8, 4) is 0 Å². The molecule has 3 nitrogen and oxygen atoms in total. The first-order valence-electron chi connectivity index (χ1n) is 4.49. The fourth-order valence-corrected chi connectivity index (χ4v) is 2.18. The second kappa shape index (κ2) is 5.51. The van der Waals surface area contributed by atoms with Crippen molar-refractivity contribution in [2.45, 2.75) is 6.92 Å². The standard InChI is InChI=1S/C10H12Br2N2O/c1-6(10(13)15)5-14-9-3-2-7(11)4-8(9)12/h2-4,6,14H,5H2,1H3,(H2,13,15). The first kappa shape index (κ1) is 12.5. The lowest BCUT2D eigenvalue weighted by atomic mass is 10.1. The van der Waals surface area contributed by atoms with Crippen LogP contribution >= 0.6 is 31.9 Å². The lowest BCUT2D eigenvalue weighted by Crippen LogP contribution is -2.26. The van der Waals surface area contributed by atoms with Crippen molar-refractivity contribution in [2.24, 2.45) is 11.7 Å². The molecule has 3 N–H and O–H groups in total. The van der Waals surface area contributed by atoms with Crippen LogP contribution in [0.15, 0.2) is 27.1 Å². The molecule has 0 radical (unpaired) electrons. The molecular formula is C10H12Br2N2O. The summed E-state index contributed by atoms with van der Waals surface area (Å²) >= 11 is 6.79. The van der Waals surface area contributed by atoms with E-state index in [2.05, 4.69) is 37.2 Å². The number of amides is 1. The number of primary amides is 1. The molecule has 0 bridgehead atoms. The van der Waals surface area contributed by atoms with Crippen molar-refractivity contribution in [3.63, 3.8) is 0 Å². The molecule has 1 unspecified atom stereocenters. The first-order valence-corrected chi connectivity index (χ1v) is 6.07. The van der Waals surface area contributed by atoms with Crippen LogP contribution in [0.25, 0.3) is 0 Å². The number of benzene rings is 1. The molecule has 0 aliphatic carbocycles. The highest BCUT2D eigenvalue weighted by Gasteiger charge is 2.08. The van der Waals surface area contributed by atoms with Gasteiger partial charge in [0.15, 0.2) is 0 Å². The normalized spacial score (nSPS) is 12.2. The van der Waals surface area contributed by atoms with Crippen molar-refractivity contribution in [3.05, 3.63) is 27.1 Å². The topological polar surface area (TPSA) is 55.1 Å². The molecule has 1 amide bonds. The quantitative estimate of drug-likeness (QED) is 0.888. The summed E-state index contributed by atoms with van der Waals surface area (Å²) in [6, 6.07) is 5.81. The van der Waals surface area contributed by atoms with E-state index in [9.17, 15) is 4.79 Å². The minimum atomic E-state index is -0.296. The van der Waals surface area contributed by atoms with Gasteiger partial charge >= 0.3 is 0 Å². The second-order valence-corrected chi connectivity index (χ2v) is 5.08. The van der Waals surface area contributed by atoms with Gasteiger partial charge in [0, 0.05) is 21.2 Å². The van der Waals surface area contributed by atoms with Gasteiger partial charge in [0.05, 0.1) is 5.92 Å². The van der Waals surface area contributed by atoms with Crippen LogP contribution in [0.4, 0.5) is 5.69 Å². The number of rotatable bonds is 4. The molecule has 0 saturated carbocycles. The smallest absolute Gasteiger partial charge is 0.222 e. The Hall–Kier alpha value is -0.550. The van der Waals surface area contributed by atoms with Gasteiger partial charge in [0.25, 0.3) is 0 Å². The van der Waals surface area contributed by atoms with Crippen molar-refractivity contribution >= 4 is 43.5 Å². The van der Waals surface area contributed by atoms with Gasteiger partial charge in [-0.15, -0.1) is 0 Å². The minimum Gasteiger partial charge on any atom is -0.383 e. The number of carbonyl (C=O) groups excluding carboxylic acids is 1. The van der Waals surface area contributed by atoms with Gasteiger partial charge in [-0.25, -0.2) is 0 Å². The van der Waals surface area contributed by atoms with E-state index in [4.69, 9.17) is 5.73 Å². The van der Waals surface area contributed by atoms with Crippen molar-refractivity contribution in [1.29, 1.82) is 0 Å². The van der Waals surface area contributed by atoms with Gasteiger partial charge in [-0.05, 0) is 34.1 Å². The largest absolute Gasteiger partial charge is 0.383 e. The number of nitrogens with one attached hydrogen (secondary N) is 1. The van der Waals surface area contributed by atoms with Crippen molar-refractivity contribution < 1.29 is 4.79 Å². The zero-order valence-electron chi connectivity index (χ0n) is 8.26. The molecule has 1 aromatic carbocycles. The summed E-state index contributed by atoms with van der Waals surface area (Å²) in [7, 11) is 0. The van der Waals surface area contributed by atoms with Gasteiger partial charge in [-0.3, -0.25) is 4.79 Å². The van der Waals surface area contributed by atoms with Crippen LogP contribution in [0.2, 0.25) is 0 Å². The fourth-order valence-electron chi connectivity index (χ4n) is 0.996. The van der Waals surface area contributed by atoms with E-state index in [-0.39, 0.29) is 11.8 Å². The summed E-state index contributed by atoms with van der Waals surface area (Å²) in [4.78, 5) is 10.8. The average molecular weight is 336 g/mol. The van der Waals surface area contributed by atoms with Gasteiger partial charge in [-0.2, -0.15) is 0 Å². The maximum atomic E-state index is 10.8. The average Bonchev–Trinajstić information content (AvgIpc) is 2.15. The molecule has 1 rings (SSSR count). The molecule has 82 valence electrons. The summed E-state index contributed by atoms with van der Waals surface area (Å²) in [6.07, 6.45) is 0. The molecule has 0 heterocycles. The molecule has 0 aromatic heterocycles. The summed E-state index contributed by atoms with van der Waals surface area (Å²) in [5.74, 6) is -0.476. The molecule has 0 spiro atoms. The van der Waals surface area contributed by atoms with Gasteiger partial charge < -0.3 is 11.1 Å². The maximum absolute atomic E-state index is 10.8. The van der Waals surface area contributed by atoms with E-state index < -0.39 is 0 Å². The van der Waals surface area contributed by atoms with Gasteiger partial charge in [0.2, 0.25) is 5.91 Å². The van der Waals surface area contributed by atoms with Crippen molar-refractivity contribution in [1.82, 2.24) is 0 Å². The third-order valence-corrected chi connectivity index (χ3v) is 3.16. The van der Waals surface area contributed by atoms with Crippen LogP contribution < -0.4 is 11.1 Å². The lowest BCUT2D eigenvalue weighted by molar-refractivity contribution is -0.120. The Balaban J connectivity index is 2.62. The Morgan fingerprint density at radius 1 is 1.53 bits per heavy atom. The van der Waals surface area contributed by atoms with Crippen LogP contribution in [0, 0.1) is 5.92 Å². The van der Waals surface area contributed by atoms with Crippen LogP contribution in [0.3, 0.4) is 0 Å². The van der Waals surface area contributed by atoms with Crippen LogP contribution in [0.5, 0.6) is 0 Å². The van der Waals surface area contributed by atoms with E-state index in [1.807, 2.05) is 18.2 Å². The van der Waals surface area contributed by atoms with E-state index in [0.29, 0.717) is 6.54 Å². The Bertz CT molecular complexity index is 368. The van der Waals surface area contributed by atoms with E-state index in [1.165, 1.54) is 0 Å². The number of hydrogen-bond acceptors (Lipinski definition) is 2. The Kier molecular flexibility index (Phi) is 4.60. The van der Waals surface area contributed by atoms with E-state index in [0.717, 1.165) is 14.6 Å². The highest BCUT2D eigenvalue weighted by molar-refractivity contribution is 9.11. The zero-order chi connectivity index (χ0) is 11.4. The number of carbonyl (C=O) groups is 1. The SMILES string of the molecule is CC(CNc1ccc(Br)cc1Br)C(N)=O. The monoisotopic (exact) mass is 334 g/mol. The molecule has 1 aromatic rings. The summed E-state index contributed by atoms with van der Waals surface area (Å²) in [6.45, 7) is 2.33. The van der Waals surface area contributed by atoms with E-state index in [1.54, 1.807) is 6.92 Å². The third-order valence-electron chi connectivity index (χ3n) is 2.02. The second-order valence-electron chi connectivity index (χ2n) is 3.31. The van der Waals surface area contributed by atoms with Crippen LogP contribution in [-0.4, -0.2) is 12.5 Å². The molecule has 0 fully saturated rings. The summed E-state index contributed by atoms with van der Waals surface area (Å²) < 4.78 is 1.96. The molecule has 15 heavy (non-hydrogen) atoms. The molecule has 5 heteroatoms. The number of halogens is 2. The number of nitrogens with two attached hydrogens (primary N) is 1. The molecule has 0 aliphatic rings. The number of hydrogen-bond donors (Lipinski definition) is 2. The van der Waals surface area contributed by atoms with Crippen molar-refractivity contribution in [2.75, 3.05) is 11.9 Å². The maximum Gasteiger partial charge on any atom is 0.222 e. The molecular weight excluding hydrogens is 324 g/mol. The minimum absolute atomic E-state index is 0.180. The highest BCUT2D eigenvalue weighted by atomic mass is 79.9. The zero-order valence-corrected chi connectivity index (χ0v) is 11.4. The summed E-state index contributed by atoms with van der Waals surface area (Å²) in [5, 5.41) is 3.15. The molecule has 0 aliphatic heterocycles. The third kappa shape index (κ3) is 3.83. The molecule has 1 atom stereocenters. The van der Waals surface area contributed by atoms with Gasteiger partial charge in [-0.1, -0.05) is 22.9 Å². The van der Waals surface area contributed by atoms with Crippen LogP contribution in [0.1, 0.15) is 6.92 Å².